The summed E-state index contributed by atoms with van der Waals surface area (Å²) in [4.78, 5) is 4.23. The predicted octanol–water partition coefficient (Wildman–Crippen LogP) is 1.92. The molecule has 0 aliphatic carbocycles. The number of amidine groups is 1. The Labute approximate surface area is 99.2 Å². The van der Waals surface area contributed by atoms with Crippen LogP contribution in [-0.2, 0) is 5.60 Å². The molecule has 1 atom stereocenters. The summed E-state index contributed by atoms with van der Waals surface area (Å²) in [5.41, 5.74) is 6.82. The fraction of sp³-hybridized carbons (Fsp3) is 0.0714. The van der Waals surface area contributed by atoms with E-state index in [0.29, 0.717) is 0 Å². The Kier molecular flexibility index (Phi) is 2.03. The van der Waals surface area contributed by atoms with Crippen molar-refractivity contribution in [2.24, 2.45) is 10.7 Å². The summed E-state index contributed by atoms with van der Waals surface area (Å²) in [6.07, 6.45) is 0. The van der Waals surface area contributed by atoms with Gasteiger partial charge < -0.3 is 10.8 Å². The van der Waals surface area contributed by atoms with Crippen LogP contribution in [0.4, 0.5) is 5.69 Å². The quantitative estimate of drug-likeness (QED) is 0.777. The van der Waals surface area contributed by atoms with Gasteiger partial charge in [-0.15, -0.1) is 0 Å². The minimum Gasteiger partial charge on any atom is -0.384 e. The van der Waals surface area contributed by atoms with Crippen LogP contribution in [0.25, 0.3) is 0 Å². The average molecular weight is 224 g/mol. The third kappa shape index (κ3) is 1.29. The lowest BCUT2D eigenvalue weighted by molar-refractivity contribution is 0.158. The van der Waals surface area contributed by atoms with Crippen LogP contribution in [0, 0.1) is 0 Å². The standard InChI is InChI=1S/C14H12N2O/c15-13-14(17,10-6-2-1-3-7-10)11-8-4-5-9-12(11)16-13/h1-9,17H,(H2,15,16)/t14-/m1/s1. The van der Waals surface area contributed by atoms with Gasteiger partial charge in [-0.3, -0.25) is 0 Å². The largest absolute Gasteiger partial charge is 0.384 e. The molecule has 0 bridgehead atoms. The fourth-order valence-corrected chi connectivity index (χ4v) is 2.21. The van der Waals surface area contributed by atoms with Crippen molar-refractivity contribution in [2.45, 2.75) is 5.60 Å². The van der Waals surface area contributed by atoms with Crippen LogP contribution in [0.2, 0.25) is 0 Å². The molecule has 0 unspecified atom stereocenters. The summed E-state index contributed by atoms with van der Waals surface area (Å²) in [6.45, 7) is 0. The zero-order valence-corrected chi connectivity index (χ0v) is 9.17. The van der Waals surface area contributed by atoms with Gasteiger partial charge in [0.15, 0.2) is 5.60 Å². The van der Waals surface area contributed by atoms with Crippen LogP contribution in [0.15, 0.2) is 59.6 Å². The average Bonchev–Trinajstić information content (AvgIpc) is 2.64. The van der Waals surface area contributed by atoms with E-state index in [9.17, 15) is 5.11 Å². The summed E-state index contributed by atoms with van der Waals surface area (Å²) >= 11 is 0. The number of hydrogen-bond donors (Lipinski definition) is 2. The third-order valence-corrected chi connectivity index (χ3v) is 3.10. The number of aliphatic hydroxyl groups is 1. The van der Waals surface area contributed by atoms with Gasteiger partial charge in [0, 0.05) is 5.56 Å². The van der Waals surface area contributed by atoms with Gasteiger partial charge in [-0.25, -0.2) is 4.99 Å². The molecule has 84 valence electrons. The molecule has 1 heterocycles. The molecule has 3 rings (SSSR count). The van der Waals surface area contributed by atoms with Gasteiger partial charge in [-0.05, 0) is 11.6 Å². The van der Waals surface area contributed by atoms with E-state index in [0.717, 1.165) is 16.8 Å². The Morgan fingerprint density at radius 3 is 2.35 bits per heavy atom. The van der Waals surface area contributed by atoms with Crippen molar-refractivity contribution < 1.29 is 5.11 Å². The maximum absolute atomic E-state index is 10.8. The molecule has 0 aromatic heterocycles. The first kappa shape index (κ1) is 10.1. The number of para-hydroxylation sites is 1. The number of rotatable bonds is 1. The summed E-state index contributed by atoms with van der Waals surface area (Å²) in [5.74, 6) is 0.227. The summed E-state index contributed by atoms with van der Waals surface area (Å²) in [5, 5.41) is 10.8. The van der Waals surface area contributed by atoms with Crippen LogP contribution in [0.3, 0.4) is 0 Å². The smallest absolute Gasteiger partial charge is 0.174 e. The third-order valence-electron chi connectivity index (χ3n) is 3.10. The number of hydrogen-bond acceptors (Lipinski definition) is 3. The maximum atomic E-state index is 10.8. The molecule has 3 heteroatoms. The number of fused-ring (bicyclic) bond motifs is 1. The Morgan fingerprint density at radius 2 is 1.59 bits per heavy atom. The van der Waals surface area contributed by atoms with Gasteiger partial charge in [-0.1, -0.05) is 48.5 Å². The van der Waals surface area contributed by atoms with Crippen molar-refractivity contribution in [2.75, 3.05) is 0 Å². The van der Waals surface area contributed by atoms with E-state index in [-0.39, 0.29) is 5.84 Å². The molecule has 17 heavy (non-hydrogen) atoms. The first-order valence-electron chi connectivity index (χ1n) is 5.45. The molecule has 0 saturated heterocycles. The van der Waals surface area contributed by atoms with Crippen molar-refractivity contribution >= 4 is 11.5 Å². The summed E-state index contributed by atoms with van der Waals surface area (Å²) in [6, 6.07) is 16.8. The highest BCUT2D eigenvalue weighted by Gasteiger charge is 2.41. The number of aliphatic imine (C=N–C) groups is 1. The SMILES string of the molecule is NC1=Nc2ccccc2[C@]1(O)c1ccccc1. The van der Waals surface area contributed by atoms with Gasteiger partial charge in [-0.2, -0.15) is 0 Å². The predicted molar refractivity (Wildman–Crippen MR) is 67.2 cm³/mol. The molecule has 3 N–H and O–H groups in total. The zero-order chi connectivity index (χ0) is 11.9. The van der Waals surface area contributed by atoms with E-state index in [1.165, 1.54) is 0 Å². The molecule has 0 spiro atoms. The molecule has 0 radical (unpaired) electrons. The Hall–Kier alpha value is -2.13. The second-order valence-electron chi connectivity index (χ2n) is 4.09. The Bertz CT molecular complexity index is 592. The zero-order valence-electron chi connectivity index (χ0n) is 9.17. The lowest BCUT2D eigenvalue weighted by Crippen LogP contribution is -2.39. The van der Waals surface area contributed by atoms with Crippen LogP contribution in [0.1, 0.15) is 11.1 Å². The highest BCUT2D eigenvalue weighted by Crippen LogP contribution is 2.41. The molecule has 1 aliphatic heterocycles. The van der Waals surface area contributed by atoms with Crippen LogP contribution < -0.4 is 5.73 Å². The lowest BCUT2D eigenvalue weighted by Gasteiger charge is -2.24. The Morgan fingerprint density at radius 1 is 0.941 bits per heavy atom. The second kappa shape index (κ2) is 3.43. The van der Waals surface area contributed by atoms with E-state index < -0.39 is 5.60 Å². The molecule has 0 fully saturated rings. The molecular formula is C14H12N2O. The van der Waals surface area contributed by atoms with Crippen molar-refractivity contribution in [3.05, 3.63) is 65.7 Å². The first-order valence-corrected chi connectivity index (χ1v) is 5.45. The van der Waals surface area contributed by atoms with Crippen LogP contribution in [0.5, 0.6) is 0 Å². The van der Waals surface area contributed by atoms with E-state index in [2.05, 4.69) is 4.99 Å². The molecule has 3 nitrogen and oxygen atoms in total. The number of benzene rings is 2. The molecule has 0 saturated carbocycles. The van der Waals surface area contributed by atoms with Crippen LogP contribution >= 0.6 is 0 Å². The van der Waals surface area contributed by atoms with E-state index in [4.69, 9.17) is 5.73 Å². The number of nitrogens with two attached hydrogens (primary N) is 1. The highest BCUT2D eigenvalue weighted by molar-refractivity contribution is 6.00. The van der Waals surface area contributed by atoms with Gasteiger partial charge in [0.2, 0.25) is 0 Å². The topological polar surface area (TPSA) is 58.6 Å². The normalized spacial score (nSPS) is 22.1. The minimum absolute atomic E-state index is 0.227. The van der Waals surface area contributed by atoms with Crippen molar-refractivity contribution in [3.8, 4) is 0 Å². The van der Waals surface area contributed by atoms with Gasteiger partial charge >= 0.3 is 0 Å². The molecule has 2 aromatic carbocycles. The van der Waals surface area contributed by atoms with Gasteiger partial charge in [0.25, 0.3) is 0 Å². The van der Waals surface area contributed by atoms with Gasteiger partial charge in [0.05, 0.1) is 5.69 Å². The second-order valence-corrected chi connectivity index (χ2v) is 4.09. The minimum atomic E-state index is -1.29. The molecule has 0 amide bonds. The summed E-state index contributed by atoms with van der Waals surface area (Å²) in [7, 11) is 0. The van der Waals surface area contributed by atoms with E-state index in [1.54, 1.807) is 0 Å². The van der Waals surface area contributed by atoms with Gasteiger partial charge in [0.1, 0.15) is 5.84 Å². The summed E-state index contributed by atoms with van der Waals surface area (Å²) < 4.78 is 0. The van der Waals surface area contributed by atoms with E-state index in [1.807, 2.05) is 54.6 Å². The lowest BCUT2D eigenvalue weighted by atomic mass is 9.86. The van der Waals surface area contributed by atoms with Crippen molar-refractivity contribution in [3.63, 3.8) is 0 Å². The molecule has 1 aliphatic rings. The molecular weight excluding hydrogens is 212 g/mol. The Balaban J connectivity index is 2.25. The van der Waals surface area contributed by atoms with Crippen LogP contribution in [-0.4, -0.2) is 10.9 Å². The highest BCUT2D eigenvalue weighted by atomic mass is 16.3. The monoisotopic (exact) mass is 224 g/mol. The number of nitrogens with zero attached hydrogens (tertiary/aromatic N) is 1. The first-order chi connectivity index (χ1) is 8.23. The maximum Gasteiger partial charge on any atom is 0.174 e. The van der Waals surface area contributed by atoms with E-state index >= 15 is 0 Å². The fourth-order valence-electron chi connectivity index (χ4n) is 2.21. The van der Waals surface area contributed by atoms with Crippen molar-refractivity contribution in [1.82, 2.24) is 0 Å². The molecule has 2 aromatic rings. The van der Waals surface area contributed by atoms with Crippen molar-refractivity contribution in [1.29, 1.82) is 0 Å².